The molecule has 6 aliphatic rings. The van der Waals surface area contributed by atoms with Crippen LogP contribution >= 0.6 is 0 Å². The van der Waals surface area contributed by atoms with E-state index in [1.165, 1.54) is 97.0 Å². The van der Waals surface area contributed by atoms with E-state index >= 15 is 0 Å². The Hall–Kier alpha value is -3.86. The summed E-state index contributed by atoms with van der Waals surface area (Å²) < 4.78 is 8.92. The number of likely N-dealkylation sites (tertiary alicyclic amines) is 2. The number of benzene rings is 2. The van der Waals surface area contributed by atoms with Crippen molar-refractivity contribution in [2.45, 2.75) is 153 Å². The molecule has 2 unspecified atom stereocenters. The number of ether oxygens (including phenoxy) is 1. The summed E-state index contributed by atoms with van der Waals surface area (Å²) in [5, 5.41) is 9.41. The van der Waals surface area contributed by atoms with Crippen LogP contribution in [0.1, 0.15) is 141 Å². The Bertz CT molecular complexity index is 2430. The number of esters is 1. The maximum atomic E-state index is 13.8. The largest absolute Gasteiger partial charge is 1.00 e. The van der Waals surface area contributed by atoms with Crippen LogP contribution in [-0.4, -0.2) is 123 Å². The molecule has 2 aromatic heterocycles. The van der Waals surface area contributed by atoms with E-state index in [9.17, 15) is 24.3 Å². The van der Waals surface area contributed by atoms with Crippen LogP contribution in [0.2, 0.25) is 0 Å². The maximum absolute atomic E-state index is 13.8. The van der Waals surface area contributed by atoms with Crippen molar-refractivity contribution in [3.05, 3.63) is 69.2 Å². The third-order valence-corrected chi connectivity index (χ3v) is 16.3. The van der Waals surface area contributed by atoms with Gasteiger partial charge in [-0.25, -0.2) is 9.97 Å². The molecule has 15 nitrogen and oxygen atoms in total. The van der Waals surface area contributed by atoms with Crippen molar-refractivity contribution in [2.75, 3.05) is 69.3 Å². The van der Waals surface area contributed by atoms with Crippen molar-refractivity contribution in [1.82, 2.24) is 28.9 Å². The number of nitrogens with zero attached hydrogens (tertiary/aromatic N) is 8. The van der Waals surface area contributed by atoms with Gasteiger partial charge >= 0.3 is 41.5 Å². The van der Waals surface area contributed by atoms with Gasteiger partial charge in [-0.2, -0.15) is 0 Å². The van der Waals surface area contributed by atoms with Crippen molar-refractivity contribution in [2.24, 2.45) is 11.8 Å². The molecule has 69 heavy (non-hydrogen) atoms. The molecule has 2 saturated carbocycles. The molecule has 0 amide bonds. The Morgan fingerprint density at radius 1 is 0.522 bits per heavy atom. The van der Waals surface area contributed by atoms with Gasteiger partial charge in [-0.3, -0.25) is 19.2 Å². The fourth-order valence-electron chi connectivity index (χ4n) is 12.5. The summed E-state index contributed by atoms with van der Waals surface area (Å²) in [5.41, 5.74) is 3.39. The van der Waals surface area contributed by atoms with E-state index in [0.717, 1.165) is 73.9 Å². The zero-order valence-electron chi connectivity index (χ0n) is 41.4. The number of aromatic nitrogens is 4. The van der Waals surface area contributed by atoms with E-state index in [1.54, 1.807) is 0 Å². The molecule has 16 heteroatoms. The number of rotatable bonds is 8. The van der Waals surface area contributed by atoms with Crippen molar-refractivity contribution in [3.63, 3.8) is 0 Å². The smallest absolute Gasteiger partial charge is 0.870 e. The van der Waals surface area contributed by atoms with E-state index in [4.69, 9.17) is 14.7 Å². The topological polar surface area (TPSA) is 176 Å². The second-order valence-electron chi connectivity index (χ2n) is 20.5. The Balaban J connectivity index is 0.000000198. The standard InChI is InChI=1S/C27H38N4O3.C26H36N4O3.Na.H2O/c1-34-27(33)20-13-16-30(19-20)25-26(32)31(24-12-8-7-11-23(24)28-25)22-14-17-29(18-15-22)21-9-5-3-2-4-6-10-21;31-25-24(29-15-12-19(18-29)26(32)33)27-22-10-6-7-11-23(22)30(25)21-13-16-28(17-14-21)20-8-4-2-1-3-5-9-20;;/h7-8,11-12,20-22H,2-6,9-10,13-19H2,1H3;6-7,10-11,19-21H,1-5,8-9,12-18H2,(H,32,33);;1H2/q;;+1;/p-1. The number of hydrogen-bond donors (Lipinski definition) is 1. The van der Waals surface area contributed by atoms with Gasteiger partial charge in [0.15, 0.2) is 11.6 Å². The molecule has 6 fully saturated rings. The first-order chi connectivity index (χ1) is 32.8. The fraction of sp³-hybridized carbons (Fsp3) is 0.660. The van der Waals surface area contributed by atoms with Crippen LogP contribution in [-0.2, 0) is 14.3 Å². The molecule has 2 atom stereocenters. The fourth-order valence-corrected chi connectivity index (χ4v) is 12.5. The maximum Gasteiger partial charge on any atom is 1.00 e. The monoisotopic (exact) mass is 959 g/mol. The van der Waals surface area contributed by atoms with E-state index in [1.807, 2.05) is 67.5 Å². The van der Waals surface area contributed by atoms with Gasteiger partial charge in [-0.15, -0.1) is 0 Å². The molecule has 10 rings (SSSR count). The molecule has 4 aromatic rings. The van der Waals surface area contributed by atoms with Gasteiger partial charge in [-0.1, -0.05) is 88.5 Å². The minimum absolute atomic E-state index is 0. The molecule has 370 valence electrons. The second kappa shape index (κ2) is 25.0. The van der Waals surface area contributed by atoms with Gasteiger partial charge in [0.1, 0.15) is 0 Å². The van der Waals surface area contributed by atoms with Crippen molar-refractivity contribution < 1.29 is 54.5 Å². The van der Waals surface area contributed by atoms with Gasteiger partial charge in [-0.05, 0) is 88.5 Å². The minimum atomic E-state index is -0.791. The summed E-state index contributed by atoms with van der Waals surface area (Å²) in [5.74, 6) is -0.728. The number of carbonyl (C=O) groups excluding carboxylic acids is 1. The number of carbonyl (C=O) groups is 2. The quantitative estimate of drug-likeness (QED) is 0.184. The van der Waals surface area contributed by atoms with Crippen molar-refractivity contribution in [1.29, 1.82) is 0 Å². The van der Waals surface area contributed by atoms with Crippen LogP contribution in [0.4, 0.5) is 11.6 Å². The van der Waals surface area contributed by atoms with Crippen LogP contribution in [0.15, 0.2) is 58.1 Å². The third-order valence-electron chi connectivity index (χ3n) is 16.3. The Morgan fingerprint density at radius 2 is 0.899 bits per heavy atom. The number of anilines is 2. The molecular formula is C53H75N8NaO7. The van der Waals surface area contributed by atoms with Crippen LogP contribution in [0.3, 0.4) is 0 Å². The molecule has 0 spiro atoms. The van der Waals surface area contributed by atoms with Crippen LogP contribution < -0.4 is 50.5 Å². The van der Waals surface area contributed by atoms with Crippen LogP contribution in [0, 0.1) is 11.8 Å². The predicted octanol–water partition coefficient (Wildman–Crippen LogP) is 5.03. The average molecular weight is 959 g/mol. The first kappa shape index (κ1) is 53.0. The first-order valence-corrected chi connectivity index (χ1v) is 26.1. The Morgan fingerprint density at radius 3 is 1.29 bits per heavy atom. The normalized spacial score (nSPS) is 23.2. The number of aliphatic carboxylic acids is 1. The van der Waals surface area contributed by atoms with Gasteiger partial charge < -0.3 is 44.1 Å². The SMILES string of the molecule is COC(=O)C1CCN(c2nc3ccccc3n(C3CCN(C4CCCCCCC4)CC3)c2=O)C1.O=C(O)C1CCN(c2nc3ccccc3n(C3CCN(C4CCCCCCC4)CC3)c2=O)C1.[Na+].[OH-]. The van der Waals surface area contributed by atoms with Gasteiger partial charge in [0.05, 0.1) is 41.0 Å². The summed E-state index contributed by atoms with van der Waals surface area (Å²) in [6.45, 7) is 6.27. The summed E-state index contributed by atoms with van der Waals surface area (Å²) in [7, 11) is 1.43. The van der Waals surface area contributed by atoms with Gasteiger partial charge in [0, 0.05) is 76.5 Å². The van der Waals surface area contributed by atoms with E-state index in [-0.39, 0.29) is 70.1 Å². The zero-order valence-corrected chi connectivity index (χ0v) is 43.4. The number of para-hydroxylation sites is 4. The molecule has 4 aliphatic heterocycles. The Labute approximate surface area is 429 Å². The molecule has 0 bridgehead atoms. The number of fused-ring (bicyclic) bond motifs is 2. The van der Waals surface area contributed by atoms with Gasteiger partial charge in [0.2, 0.25) is 0 Å². The molecule has 2 aliphatic carbocycles. The van der Waals surface area contributed by atoms with Gasteiger partial charge in [0.25, 0.3) is 11.1 Å². The van der Waals surface area contributed by atoms with E-state index < -0.39 is 11.9 Å². The number of carboxylic acids is 1. The van der Waals surface area contributed by atoms with Crippen molar-refractivity contribution in [3.8, 4) is 0 Å². The molecule has 0 radical (unpaired) electrons. The minimum Gasteiger partial charge on any atom is -0.870 e. The molecule has 6 heterocycles. The second-order valence-corrected chi connectivity index (χ2v) is 20.5. The first-order valence-electron chi connectivity index (χ1n) is 26.1. The zero-order chi connectivity index (χ0) is 46.3. The van der Waals surface area contributed by atoms with Crippen LogP contribution in [0.25, 0.3) is 22.1 Å². The summed E-state index contributed by atoms with van der Waals surface area (Å²) >= 11 is 0. The molecule has 2 aromatic carbocycles. The third kappa shape index (κ3) is 12.3. The van der Waals surface area contributed by atoms with Crippen molar-refractivity contribution >= 4 is 45.6 Å². The van der Waals surface area contributed by atoms with E-state index in [0.29, 0.717) is 62.7 Å². The number of hydrogen-bond acceptors (Lipinski definition) is 12. The Kier molecular flexibility index (Phi) is 19.2. The molecule has 2 N–H and O–H groups in total. The van der Waals surface area contributed by atoms with E-state index in [2.05, 4.69) is 9.80 Å². The summed E-state index contributed by atoms with van der Waals surface area (Å²) in [6, 6.07) is 17.6. The van der Waals surface area contributed by atoms with Crippen LogP contribution in [0.5, 0.6) is 0 Å². The average Bonchev–Trinajstić information content (AvgIpc) is 4.04. The number of methoxy groups -OCH3 is 1. The predicted molar refractivity (Wildman–Crippen MR) is 266 cm³/mol. The summed E-state index contributed by atoms with van der Waals surface area (Å²) in [6.07, 6.45) is 24.1. The number of carboxylic acid groups (broad SMARTS) is 1. The molecular weight excluding hydrogens is 884 g/mol. The summed E-state index contributed by atoms with van der Waals surface area (Å²) in [4.78, 5) is 69.7. The number of piperidine rings is 2. The molecule has 4 saturated heterocycles.